The van der Waals surface area contributed by atoms with Gasteiger partial charge in [-0.25, -0.2) is 9.18 Å². The number of para-hydroxylation sites is 1. The Kier molecular flexibility index (Phi) is 4.81. The summed E-state index contributed by atoms with van der Waals surface area (Å²) in [6, 6.07) is 13.6. The number of hydrogen-bond donors (Lipinski definition) is 1. The minimum Gasteiger partial charge on any atom is -0.465 e. The van der Waals surface area contributed by atoms with Crippen molar-refractivity contribution < 1.29 is 14.3 Å². The lowest BCUT2D eigenvalue weighted by molar-refractivity contribution is 0.200. The van der Waals surface area contributed by atoms with E-state index >= 15 is 0 Å². The second kappa shape index (κ2) is 7.01. The van der Waals surface area contributed by atoms with Crippen LogP contribution in [-0.4, -0.2) is 42.8 Å². The maximum atomic E-state index is 14.2. The van der Waals surface area contributed by atoms with Gasteiger partial charge in [0.2, 0.25) is 0 Å². The molecule has 126 valence electrons. The summed E-state index contributed by atoms with van der Waals surface area (Å²) in [5.74, 6) is -0.0596. The highest BCUT2D eigenvalue weighted by molar-refractivity contribution is 5.93. The standard InChI is InChI=1S/C19H21FN2O2/c1-21-11-10-14(12-21)13-22(19(23)24)18-9-5-3-7-16(18)15-6-2-4-8-17(15)20/h2-9,14H,10-13H2,1H3,(H,23,24). The Bertz CT molecular complexity index is 735. The molecule has 0 aromatic heterocycles. The Labute approximate surface area is 141 Å². The monoisotopic (exact) mass is 328 g/mol. The first-order chi connectivity index (χ1) is 11.6. The van der Waals surface area contributed by atoms with Gasteiger partial charge in [0.15, 0.2) is 0 Å². The minimum absolute atomic E-state index is 0.291. The number of carboxylic acid groups (broad SMARTS) is 1. The van der Waals surface area contributed by atoms with Crippen LogP contribution < -0.4 is 4.90 Å². The molecule has 4 nitrogen and oxygen atoms in total. The van der Waals surface area contributed by atoms with Gasteiger partial charge in [-0.3, -0.25) is 4.90 Å². The number of rotatable bonds is 4. The molecule has 3 rings (SSSR count). The van der Waals surface area contributed by atoms with E-state index in [1.165, 1.54) is 11.0 Å². The van der Waals surface area contributed by atoms with Crippen molar-refractivity contribution in [1.82, 2.24) is 4.90 Å². The number of nitrogens with zero attached hydrogens (tertiary/aromatic N) is 2. The second-order valence-electron chi connectivity index (χ2n) is 6.31. The van der Waals surface area contributed by atoms with Gasteiger partial charge >= 0.3 is 6.09 Å². The molecule has 1 unspecified atom stereocenters. The van der Waals surface area contributed by atoms with Crippen molar-refractivity contribution >= 4 is 11.8 Å². The number of likely N-dealkylation sites (tertiary alicyclic amines) is 1. The second-order valence-corrected chi connectivity index (χ2v) is 6.31. The summed E-state index contributed by atoms with van der Waals surface area (Å²) in [4.78, 5) is 15.4. The largest absolute Gasteiger partial charge is 0.465 e. The highest BCUT2D eigenvalue weighted by Crippen LogP contribution is 2.33. The normalized spacial score (nSPS) is 17.8. The number of amides is 1. The maximum Gasteiger partial charge on any atom is 0.411 e. The number of anilines is 1. The van der Waals surface area contributed by atoms with E-state index in [9.17, 15) is 14.3 Å². The summed E-state index contributed by atoms with van der Waals surface area (Å²) < 4.78 is 14.2. The Balaban J connectivity index is 1.97. The van der Waals surface area contributed by atoms with Gasteiger partial charge in [0, 0.05) is 24.2 Å². The summed E-state index contributed by atoms with van der Waals surface area (Å²) in [7, 11) is 2.04. The fraction of sp³-hybridized carbons (Fsp3) is 0.316. The summed E-state index contributed by atoms with van der Waals surface area (Å²) in [6.07, 6.45) is -0.0318. The molecule has 1 aliphatic rings. The van der Waals surface area contributed by atoms with Gasteiger partial charge in [-0.15, -0.1) is 0 Å². The average molecular weight is 328 g/mol. The first-order valence-corrected chi connectivity index (χ1v) is 8.09. The number of carbonyl (C=O) groups is 1. The number of benzene rings is 2. The van der Waals surface area contributed by atoms with Crippen LogP contribution in [0, 0.1) is 11.7 Å². The third-order valence-electron chi connectivity index (χ3n) is 4.52. The number of hydrogen-bond acceptors (Lipinski definition) is 2. The van der Waals surface area contributed by atoms with Crippen molar-refractivity contribution in [1.29, 1.82) is 0 Å². The molecule has 2 aromatic rings. The van der Waals surface area contributed by atoms with Crippen molar-refractivity contribution in [2.75, 3.05) is 31.6 Å². The highest BCUT2D eigenvalue weighted by Gasteiger charge is 2.27. The molecule has 1 aliphatic heterocycles. The summed E-state index contributed by atoms with van der Waals surface area (Å²) in [6.45, 7) is 2.28. The smallest absolute Gasteiger partial charge is 0.411 e. The van der Waals surface area contributed by atoms with Gasteiger partial charge in [-0.1, -0.05) is 36.4 Å². The van der Waals surface area contributed by atoms with Crippen LogP contribution >= 0.6 is 0 Å². The minimum atomic E-state index is -1.01. The van der Waals surface area contributed by atoms with E-state index in [0.29, 0.717) is 29.3 Å². The lowest BCUT2D eigenvalue weighted by Crippen LogP contribution is -2.35. The van der Waals surface area contributed by atoms with Crippen LogP contribution in [0.2, 0.25) is 0 Å². The lowest BCUT2D eigenvalue weighted by Gasteiger charge is -2.25. The molecular formula is C19H21FN2O2. The molecule has 1 amide bonds. The van der Waals surface area contributed by atoms with Crippen molar-refractivity contribution in [3.63, 3.8) is 0 Å². The van der Waals surface area contributed by atoms with Crippen LogP contribution in [0.25, 0.3) is 11.1 Å². The first-order valence-electron chi connectivity index (χ1n) is 8.09. The average Bonchev–Trinajstić information content (AvgIpc) is 2.98. The third kappa shape index (κ3) is 3.41. The van der Waals surface area contributed by atoms with Crippen molar-refractivity contribution in [3.8, 4) is 11.1 Å². The lowest BCUT2D eigenvalue weighted by atomic mass is 10.0. The molecule has 0 saturated carbocycles. The molecule has 1 saturated heterocycles. The van der Waals surface area contributed by atoms with Crippen LogP contribution in [0.4, 0.5) is 14.9 Å². The fourth-order valence-corrected chi connectivity index (χ4v) is 3.33. The first kappa shape index (κ1) is 16.5. The molecule has 24 heavy (non-hydrogen) atoms. The van der Waals surface area contributed by atoms with Gasteiger partial charge in [0.25, 0.3) is 0 Å². The molecule has 1 heterocycles. The van der Waals surface area contributed by atoms with E-state index < -0.39 is 6.09 Å². The molecule has 0 spiro atoms. The van der Waals surface area contributed by atoms with Gasteiger partial charge in [-0.2, -0.15) is 0 Å². The van der Waals surface area contributed by atoms with E-state index in [4.69, 9.17) is 0 Å². The van der Waals surface area contributed by atoms with Crippen molar-refractivity contribution in [3.05, 3.63) is 54.3 Å². The zero-order chi connectivity index (χ0) is 17.1. The van der Waals surface area contributed by atoms with Gasteiger partial charge < -0.3 is 10.0 Å². The third-order valence-corrected chi connectivity index (χ3v) is 4.52. The van der Waals surface area contributed by atoms with Gasteiger partial charge in [0.1, 0.15) is 5.82 Å². The molecule has 1 atom stereocenters. The Morgan fingerprint density at radius 2 is 1.88 bits per heavy atom. The van der Waals surface area contributed by atoms with E-state index in [-0.39, 0.29) is 5.82 Å². The zero-order valence-electron chi connectivity index (χ0n) is 13.7. The molecule has 5 heteroatoms. The van der Waals surface area contributed by atoms with E-state index in [1.54, 1.807) is 42.5 Å². The SMILES string of the molecule is CN1CCC(CN(C(=O)O)c2ccccc2-c2ccccc2F)C1. The molecule has 0 aliphatic carbocycles. The van der Waals surface area contributed by atoms with E-state index in [2.05, 4.69) is 4.90 Å². The summed E-state index contributed by atoms with van der Waals surface area (Å²) in [5, 5.41) is 9.71. The predicted octanol–water partition coefficient (Wildman–Crippen LogP) is 3.93. The maximum absolute atomic E-state index is 14.2. The van der Waals surface area contributed by atoms with Crippen LogP contribution in [0.15, 0.2) is 48.5 Å². The summed E-state index contributed by atoms with van der Waals surface area (Å²) in [5.41, 5.74) is 1.55. The molecular weight excluding hydrogens is 307 g/mol. The van der Waals surface area contributed by atoms with Crippen LogP contribution in [0.3, 0.4) is 0 Å². The van der Waals surface area contributed by atoms with Gasteiger partial charge in [-0.05, 0) is 38.1 Å². The topological polar surface area (TPSA) is 43.8 Å². The molecule has 2 aromatic carbocycles. The van der Waals surface area contributed by atoms with Gasteiger partial charge in [0.05, 0.1) is 5.69 Å². The summed E-state index contributed by atoms with van der Waals surface area (Å²) >= 11 is 0. The van der Waals surface area contributed by atoms with Crippen LogP contribution in [0.1, 0.15) is 6.42 Å². The van der Waals surface area contributed by atoms with Crippen molar-refractivity contribution in [2.45, 2.75) is 6.42 Å². The fourth-order valence-electron chi connectivity index (χ4n) is 3.33. The Morgan fingerprint density at radius 3 is 2.50 bits per heavy atom. The molecule has 0 radical (unpaired) electrons. The highest BCUT2D eigenvalue weighted by atomic mass is 19.1. The number of halogens is 1. The Hall–Kier alpha value is -2.40. The molecule has 1 fully saturated rings. The predicted molar refractivity (Wildman–Crippen MR) is 92.8 cm³/mol. The van der Waals surface area contributed by atoms with E-state index in [0.717, 1.165) is 19.5 Å². The van der Waals surface area contributed by atoms with Crippen LogP contribution in [0.5, 0.6) is 0 Å². The zero-order valence-corrected chi connectivity index (χ0v) is 13.7. The van der Waals surface area contributed by atoms with Crippen LogP contribution in [-0.2, 0) is 0 Å². The quantitative estimate of drug-likeness (QED) is 0.925. The molecule has 0 bridgehead atoms. The Morgan fingerprint density at radius 1 is 1.21 bits per heavy atom. The van der Waals surface area contributed by atoms with Crippen molar-refractivity contribution in [2.24, 2.45) is 5.92 Å². The molecule has 1 N–H and O–H groups in total. The van der Waals surface area contributed by atoms with E-state index in [1.807, 2.05) is 7.05 Å².